The van der Waals surface area contributed by atoms with Crippen molar-refractivity contribution in [2.75, 3.05) is 24.1 Å². The van der Waals surface area contributed by atoms with Crippen LogP contribution in [0.2, 0.25) is 0 Å². The molecule has 4 heterocycles. The van der Waals surface area contributed by atoms with Gasteiger partial charge in [0.05, 0.1) is 11.4 Å². The number of amides is 2. The number of hydrogen-bond donors (Lipinski definition) is 2. The lowest BCUT2D eigenvalue weighted by Crippen LogP contribution is -2.40. The van der Waals surface area contributed by atoms with Crippen molar-refractivity contribution in [2.24, 2.45) is 0 Å². The molecule has 5 rings (SSSR count). The van der Waals surface area contributed by atoms with Crippen molar-refractivity contribution in [3.8, 4) is 0 Å². The average molecular weight is 446 g/mol. The molecule has 1 aliphatic rings. The number of likely N-dealkylation sites (tertiary alicyclic amines) is 1. The largest absolute Gasteiger partial charge is 0.423 e. The maximum atomic E-state index is 13.1. The van der Waals surface area contributed by atoms with Crippen molar-refractivity contribution in [1.29, 1.82) is 0 Å². The maximum absolute atomic E-state index is 13.1. The Labute approximate surface area is 188 Å². The van der Waals surface area contributed by atoms with E-state index in [4.69, 9.17) is 10.2 Å². The fourth-order valence-corrected chi connectivity index (χ4v) is 4.09. The summed E-state index contributed by atoms with van der Waals surface area (Å²) in [4.78, 5) is 39.9. The minimum Gasteiger partial charge on any atom is -0.423 e. The van der Waals surface area contributed by atoms with E-state index in [1.165, 1.54) is 6.33 Å². The van der Waals surface area contributed by atoms with E-state index in [0.717, 1.165) is 12.8 Å². The second-order valence-electron chi connectivity index (χ2n) is 7.77. The van der Waals surface area contributed by atoms with Gasteiger partial charge in [-0.3, -0.25) is 14.9 Å². The van der Waals surface area contributed by atoms with Crippen LogP contribution in [0, 0.1) is 0 Å². The van der Waals surface area contributed by atoms with Gasteiger partial charge in [0.1, 0.15) is 17.7 Å². The van der Waals surface area contributed by atoms with Crippen molar-refractivity contribution in [2.45, 2.75) is 25.8 Å². The van der Waals surface area contributed by atoms with E-state index in [-0.39, 0.29) is 29.5 Å². The Morgan fingerprint density at radius 3 is 2.94 bits per heavy atom. The number of fused-ring (bicyclic) bond motifs is 2. The summed E-state index contributed by atoms with van der Waals surface area (Å²) in [5.41, 5.74) is 7.80. The van der Waals surface area contributed by atoms with Gasteiger partial charge in [-0.05, 0) is 38.0 Å². The molecule has 1 aliphatic heterocycles. The highest BCUT2D eigenvalue weighted by atomic mass is 16.4. The van der Waals surface area contributed by atoms with Gasteiger partial charge < -0.3 is 15.1 Å². The number of carbonyl (C=O) groups is 2. The monoisotopic (exact) mass is 446 g/mol. The average Bonchev–Trinajstić information content (AvgIpc) is 3.41. The first-order valence-electron chi connectivity index (χ1n) is 10.6. The number of nitrogens with zero attached hydrogens (tertiary/aromatic N) is 6. The van der Waals surface area contributed by atoms with E-state index >= 15 is 0 Å². The second-order valence-corrected chi connectivity index (χ2v) is 7.77. The second kappa shape index (κ2) is 8.34. The zero-order chi connectivity index (χ0) is 22.9. The molecule has 1 fully saturated rings. The zero-order valence-corrected chi connectivity index (χ0v) is 17.9. The SMILES string of the molecule is CC=CC(=O)N1CCCC(n2nc(C(=O)Nc3nc4ccccc4o3)c3c(N)ncnc32)C1. The molecule has 11 heteroatoms. The number of carbonyl (C=O) groups excluding carboxylic acids is 2. The first-order valence-corrected chi connectivity index (χ1v) is 10.6. The number of para-hydroxylation sites is 2. The molecule has 1 unspecified atom stereocenters. The fraction of sp³-hybridized carbons (Fsp3) is 0.273. The lowest BCUT2D eigenvalue weighted by molar-refractivity contribution is -0.127. The molecular formula is C22H22N8O3. The smallest absolute Gasteiger partial charge is 0.302 e. The number of oxazole rings is 1. The Morgan fingerprint density at radius 1 is 1.27 bits per heavy atom. The Morgan fingerprint density at radius 2 is 2.12 bits per heavy atom. The van der Waals surface area contributed by atoms with Crippen LogP contribution in [0.4, 0.5) is 11.8 Å². The van der Waals surface area contributed by atoms with Gasteiger partial charge in [0.15, 0.2) is 16.9 Å². The molecule has 1 aromatic carbocycles. The van der Waals surface area contributed by atoms with Crippen molar-refractivity contribution < 1.29 is 14.0 Å². The maximum Gasteiger partial charge on any atom is 0.302 e. The molecule has 1 saturated heterocycles. The van der Waals surface area contributed by atoms with Gasteiger partial charge in [-0.2, -0.15) is 10.1 Å². The first kappa shape index (κ1) is 20.6. The highest BCUT2D eigenvalue weighted by Gasteiger charge is 2.29. The molecule has 33 heavy (non-hydrogen) atoms. The molecule has 0 saturated carbocycles. The molecular weight excluding hydrogens is 424 g/mol. The number of hydrogen-bond acceptors (Lipinski definition) is 8. The van der Waals surface area contributed by atoms with Crippen molar-refractivity contribution in [1.82, 2.24) is 29.6 Å². The van der Waals surface area contributed by atoms with Gasteiger partial charge in [-0.25, -0.2) is 14.6 Å². The normalized spacial score (nSPS) is 16.6. The topological polar surface area (TPSA) is 145 Å². The van der Waals surface area contributed by atoms with E-state index < -0.39 is 5.91 Å². The van der Waals surface area contributed by atoms with E-state index in [1.807, 2.05) is 19.1 Å². The van der Waals surface area contributed by atoms with Crippen LogP contribution < -0.4 is 11.1 Å². The van der Waals surface area contributed by atoms with Crippen LogP contribution in [-0.2, 0) is 4.79 Å². The van der Waals surface area contributed by atoms with Gasteiger partial charge in [-0.15, -0.1) is 0 Å². The quantitative estimate of drug-likeness (QED) is 0.455. The third kappa shape index (κ3) is 3.77. The number of allylic oxidation sites excluding steroid dienone is 1. The van der Waals surface area contributed by atoms with Crippen molar-refractivity contribution >= 4 is 45.8 Å². The Bertz CT molecular complexity index is 1360. The number of aromatic nitrogens is 5. The molecule has 2 amide bonds. The highest BCUT2D eigenvalue weighted by Crippen LogP contribution is 2.29. The molecule has 3 N–H and O–H groups in total. The van der Waals surface area contributed by atoms with Crippen LogP contribution in [0.1, 0.15) is 36.3 Å². The van der Waals surface area contributed by atoms with Crippen LogP contribution in [0.3, 0.4) is 0 Å². The molecule has 11 nitrogen and oxygen atoms in total. The summed E-state index contributed by atoms with van der Waals surface area (Å²) < 4.78 is 7.27. The Balaban J connectivity index is 1.49. The Hall–Kier alpha value is -4.28. The van der Waals surface area contributed by atoms with E-state index in [0.29, 0.717) is 35.2 Å². The molecule has 168 valence electrons. The number of nitrogen functional groups attached to an aromatic ring is 1. The van der Waals surface area contributed by atoms with Gasteiger partial charge in [0.2, 0.25) is 5.91 Å². The molecule has 0 bridgehead atoms. The highest BCUT2D eigenvalue weighted by molar-refractivity contribution is 6.12. The van der Waals surface area contributed by atoms with Gasteiger partial charge in [0.25, 0.3) is 5.91 Å². The lowest BCUT2D eigenvalue weighted by Gasteiger charge is -2.32. The van der Waals surface area contributed by atoms with Crippen LogP contribution >= 0.6 is 0 Å². The van der Waals surface area contributed by atoms with Gasteiger partial charge in [0, 0.05) is 13.1 Å². The number of benzene rings is 1. The summed E-state index contributed by atoms with van der Waals surface area (Å²) in [6, 6.07) is 7.10. The first-order chi connectivity index (χ1) is 16.0. The van der Waals surface area contributed by atoms with Crippen molar-refractivity contribution in [3.05, 3.63) is 48.4 Å². The minimum atomic E-state index is -0.538. The summed E-state index contributed by atoms with van der Waals surface area (Å²) in [7, 11) is 0. The number of nitrogens with one attached hydrogen (secondary N) is 1. The summed E-state index contributed by atoms with van der Waals surface area (Å²) in [6.45, 7) is 2.93. The minimum absolute atomic E-state index is 0.0540. The predicted molar refractivity (Wildman–Crippen MR) is 121 cm³/mol. The molecule has 1 atom stereocenters. The van der Waals surface area contributed by atoms with Crippen LogP contribution in [-0.4, -0.2) is 54.5 Å². The standard InChI is InChI=1S/C22H22N8O3/c1-2-6-16(31)29-10-5-7-13(11-29)30-20-17(19(23)24-12-25-20)18(28-30)21(32)27-22-26-14-8-3-4-9-15(14)33-22/h2-4,6,8-9,12-13H,5,7,10-11H2,1H3,(H2,23,24,25)(H,26,27,32). The molecule has 0 spiro atoms. The van der Waals surface area contributed by atoms with Gasteiger partial charge >= 0.3 is 6.01 Å². The molecule has 0 aliphatic carbocycles. The summed E-state index contributed by atoms with van der Waals surface area (Å²) in [6.07, 6.45) is 6.19. The third-order valence-electron chi connectivity index (χ3n) is 5.61. The summed E-state index contributed by atoms with van der Waals surface area (Å²) >= 11 is 0. The van der Waals surface area contributed by atoms with E-state index in [9.17, 15) is 9.59 Å². The number of rotatable bonds is 4. The van der Waals surface area contributed by atoms with Gasteiger partial charge in [-0.1, -0.05) is 18.2 Å². The Kier molecular flexibility index (Phi) is 5.21. The fourth-order valence-electron chi connectivity index (χ4n) is 4.09. The number of nitrogens with two attached hydrogens (primary N) is 1. The van der Waals surface area contributed by atoms with Crippen LogP contribution in [0.25, 0.3) is 22.1 Å². The molecule has 3 aromatic heterocycles. The lowest BCUT2D eigenvalue weighted by atomic mass is 10.1. The predicted octanol–water partition coefficient (Wildman–Crippen LogP) is 2.54. The number of anilines is 2. The number of piperidine rings is 1. The third-order valence-corrected chi connectivity index (χ3v) is 5.61. The summed E-state index contributed by atoms with van der Waals surface area (Å²) in [5, 5.41) is 7.56. The molecule has 0 radical (unpaired) electrons. The zero-order valence-electron chi connectivity index (χ0n) is 17.9. The van der Waals surface area contributed by atoms with E-state index in [2.05, 4.69) is 25.4 Å². The van der Waals surface area contributed by atoms with E-state index in [1.54, 1.807) is 33.9 Å². The van der Waals surface area contributed by atoms with Crippen LogP contribution in [0.5, 0.6) is 0 Å². The molecule has 4 aromatic rings. The van der Waals surface area contributed by atoms with Crippen molar-refractivity contribution in [3.63, 3.8) is 0 Å². The summed E-state index contributed by atoms with van der Waals surface area (Å²) in [5.74, 6) is -0.446. The van der Waals surface area contributed by atoms with Crippen LogP contribution in [0.15, 0.2) is 47.2 Å².